The van der Waals surface area contributed by atoms with Crippen molar-refractivity contribution in [3.63, 3.8) is 0 Å². The van der Waals surface area contributed by atoms with E-state index in [2.05, 4.69) is 45.1 Å². The van der Waals surface area contributed by atoms with Crippen molar-refractivity contribution in [2.45, 2.75) is 38.6 Å². The standard InChI is InChI=1S/C16H25NO2S/c1-5-17-15(16(2,3)4)11-20-12-6-7-13-14(10-12)19-9-8-18-13/h6-7,10,15,17H,5,8-9,11H2,1-4H3. The zero-order valence-corrected chi connectivity index (χ0v) is 13.7. The highest BCUT2D eigenvalue weighted by Gasteiger charge is 2.23. The fourth-order valence-corrected chi connectivity index (χ4v) is 3.49. The van der Waals surface area contributed by atoms with Gasteiger partial charge in [0.2, 0.25) is 0 Å². The van der Waals surface area contributed by atoms with Crippen molar-refractivity contribution in [3.8, 4) is 11.5 Å². The molecule has 0 radical (unpaired) electrons. The van der Waals surface area contributed by atoms with Crippen LogP contribution in [0.5, 0.6) is 11.5 Å². The molecule has 1 aromatic rings. The maximum absolute atomic E-state index is 5.63. The van der Waals surface area contributed by atoms with Crippen LogP contribution < -0.4 is 14.8 Å². The van der Waals surface area contributed by atoms with Crippen molar-refractivity contribution in [2.75, 3.05) is 25.5 Å². The quantitative estimate of drug-likeness (QED) is 0.841. The first kappa shape index (κ1) is 15.5. The lowest BCUT2D eigenvalue weighted by Gasteiger charge is -2.31. The highest BCUT2D eigenvalue weighted by Crippen LogP contribution is 2.35. The average molecular weight is 295 g/mol. The minimum atomic E-state index is 0.261. The minimum Gasteiger partial charge on any atom is -0.486 e. The third-order valence-corrected chi connectivity index (χ3v) is 4.51. The van der Waals surface area contributed by atoms with E-state index in [0.717, 1.165) is 23.8 Å². The first-order valence-electron chi connectivity index (χ1n) is 7.26. The highest BCUT2D eigenvalue weighted by molar-refractivity contribution is 7.99. The van der Waals surface area contributed by atoms with Gasteiger partial charge in [0.15, 0.2) is 11.5 Å². The monoisotopic (exact) mass is 295 g/mol. The van der Waals surface area contributed by atoms with Crippen LogP contribution in [0.1, 0.15) is 27.7 Å². The number of fused-ring (bicyclic) bond motifs is 1. The second kappa shape index (κ2) is 6.72. The molecule has 1 aliphatic rings. The largest absolute Gasteiger partial charge is 0.486 e. The molecule has 0 fully saturated rings. The van der Waals surface area contributed by atoms with Gasteiger partial charge in [-0.2, -0.15) is 0 Å². The number of benzene rings is 1. The van der Waals surface area contributed by atoms with Crippen molar-refractivity contribution in [3.05, 3.63) is 18.2 Å². The number of nitrogens with one attached hydrogen (secondary N) is 1. The number of hydrogen-bond acceptors (Lipinski definition) is 4. The van der Waals surface area contributed by atoms with E-state index in [-0.39, 0.29) is 5.41 Å². The van der Waals surface area contributed by atoms with Gasteiger partial charge in [-0.3, -0.25) is 0 Å². The zero-order chi connectivity index (χ0) is 14.6. The van der Waals surface area contributed by atoms with Crippen molar-refractivity contribution < 1.29 is 9.47 Å². The summed E-state index contributed by atoms with van der Waals surface area (Å²) in [6.45, 7) is 11.3. The smallest absolute Gasteiger partial charge is 0.162 e. The van der Waals surface area contributed by atoms with Crippen LogP contribution in [0.2, 0.25) is 0 Å². The molecule has 1 N–H and O–H groups in total. The number of thioether (sulfide) groups is 1. The van der Waals surface area contributed by atoms with Crippen molar-refractivity contribution in [2.24, 2.45) is 5.41 Å². The molecule has 1 unspecified atom stereocenters. The molecule has 3 nitrogen and oxygen atoms in total. The van der Waals surface area contributed by atoms with E-state index in [1.807, 2.05) is 17.8 Å². The summed E-state index contributed by atoms with van der Waals surface area (Å²) in [5.74, 6) is 2.79. The Hall–Kier alpha value is -0.870. The summed E-state index contributed by atoms with van der Waals surface area (Å²) in [5, 5.41) is 3.58. The number of rotatable bonds is 5. The fraction of sp³-hybridized carbons (Fsp3) is 0.625. The van der Waals surface area contributed by atoms with E-state index in [9.17, 15) is 0 Å². The van der Waals surface area contributed by atoms with Gasteiger partial charge in [-0.25, -0.2) is 0 Å². The number of ether oxygens (including phenoxy) is 2. The Morgan fingerprint density at radius 3 is 2.55 bits per heavy atom. The van der Waals surface area contributed by atoms with E-state index in [4.69, 9.17) is 9.47 Å². The van der Waals surface area contributed by atoms with Crippen LogP contribution in [0.3, 0.4) is 0 Å². The van der Waals surface area contributed by atoms with Crippen LogP contribution in [0.4, 0.5) is 0 Å². The topological polar surface area (TPSA) is 30.5 Å². The Labute approximate surface area is 126 Å². The SMILES string of the molecule is CCNC(CSc1ccc2c(c1)OCCO2)C(C)(C)C. The third kappa shape index (κ3) is 4.06. The van der Waals surface area contributed by atoms with Crippen LogP contribution in [0.15, 0.2) is 23.1 Å². The van der Waals surface area contributed by atoms with Crippen molar-refractivity contribution >= 4 is 11.8 Å². The summed E-state index contributed by atoms with van der Waals surface area (Å²) in [6, 6.07) is 6.70. The van der Waals surface area contributed by atoms with Crippen LogP contribution >= 0.6 is 11.8 Å². The Bertz CT molecular complexity index is 443. The molecular formula is C16H25NO2S. The molecule has 1 atom stereocenters. The lowest BCUT2D eigenvalue weighted by Crippen LogP contribution is -2.42. The predicted molar refractivity (Wildman–Crippen MR) is 85.1 cm³/mol. The van der Waals surface area contributed by atoms with Crippen LogP contribution in [-0.4, -0.2) is 31.6 Å². The van der Waals surface area contributed by atoms with E-state index < -0.39 is 0 Å². The fourth-order valence-electron chi connectivity index (χ4n) is 2.15. The van der Waals surface area contributed by atoms with Gasteiger partial charge in [0.05, 0.1) is 0 Å². The molecule has 1 aromatic carbocycles. The summed E-state index contributed by atoms with van der Waals surface area (Å²) in [5.41, 5.74) is 0.261. The first-order chi connectivity index (χ1) is 9.50. The minimum absolute atomic E-state index is 0.261. The lowest BCUT2D eigenvalue weighted by atomic mass is 9.88. The molecule has 0 bridgehead atoms. The van der Waals surface area contributed by atoms with Crippen LogP contribution in [0, 0.1) is 5.41 Å². The van der Waals surface area contributed by atoms with E-state index in [1.165, 1.54) is 4.90 Å². The zero-order valence-electron chi connectivity index (χ0n) is 12.9. The Balaban J connectivity index is 1.99. The molecule has 2 rings (SSSR count). The van der Waals surface area contributed by atoms with Gasteiger partial charge in [0.1, 0.15) is 13.2 Å². The van der Waals surface area contributed by atoms with E-state index in [1.54, 1.807) is 0 Å². The highest BCUT2D eigenvalue weighted by atomic mass is 32.2. The maximum atomic E-state index is 5.63. The van der Waals surface area contributed by atoms with Crippen LogP contribution in [-0.2, 0) is 0 Å². The molecule has 0 aliphatic carbocycles. The van der Waals surface area contributed by atoms with Crippen molar-refractivity contribution in [1.29, 1.82) is 0 Å². The molecule has 1 aliphatic heterocycles. The van der Waals surface area contributed by atoms with Crippen molar-refractivity contribution in [1.82, 2.24) is 5.32 Å². The molecule has 4 heteroatoms. The van der Waals surface area contributed by atoms with E-state index >= 15 is 0 Å². The van der Waals surface area contributed by atoms with Gasteiger partial charge >= 0.3 is 0 Å². The Morgan fingerprint density at radius 1 is 1.20 bits per heavy atom. The van der Waals surface area contributed by atoms with Gasteiger partial charge < -0.3 is 14.8 Å². The summed E-state index contributed by atoms with van der Waals surface area (Å²) in [6.07, 6.45) is 0. The third-order valence-electron chi connectivity index (χ3n) is 3.43. The molecule has 0 saturated carbocycles. The molecule has 0 saturated heterocycles. The number of hydrogen-bond donors (Lipinski definition) is 1. The van der Waals surface area contributed by atoms with Gasteiger partial charge in [0, 0.05) is 16.7 Å². The van der Waals surface area contributed by atoms with Gasteiger partial charge in [0.25, 0.3) is 0 Å². The molecule has 0 spiro atoms. The summed E-state index contributed by atoms with van der Waals surface area (Å²) in [7, 11) is 0. The van der Waals surface area contributed by atoms with Crippen LogP contribution in [0.25, 0.3) is 0 Å². The van der Waals surface area contributed by atoms with E-state index in [0.29, 0.717) is 19.3 Å². The molecule has 112 valence electrons. The average Bonchev–Trinajstić information content (AvgIpc) is 2.42. The van der Waals surface area contributed by atoms with Gasteiger partial charge in [-0.15, -0.1) is 11.8 Å². The molecular weight excluding hydrogens is 270 g/mol. The van der Waals surface area contributed by atoms with Gasteiger partial charge in [-0.05, 0) is 30.2 Å². The second-order valence-electron chi connectivity index (χ2n) is 6.09. The predicted octanol–water partition coefficient (Wildman–Crippen LogP) is 3.57. The second-order valence-corrected chi connectivity index (χ2v) is 7.19. The lowest BCUT2D eigenvalue weighted by molar-refractivity contribution is 0.171. The molecule has 20 heavy (non-hydrogen) atoms. The normalized spacial score (nSPS) is 16.0. The summed E-state index contributed by atoms with van der Waals surface area (Å²) < 4.78 is 11.2. The summed E-state index contributed by atoms with van der Waals surface area (Å²) in [4.78, 5) is 1.24. The molecule has 1 heterocycles. The van der Waals surface area contributed by atoms with Gasteiger partial charge in [-0.1, -0.05) is 27.7 Å². The molecule has 0 amide bonds. The maximum Gasteiger partial charge on any atom is 0.162 e. The summed E-state index contributed by atoms with van der Waals surface area (Å²) >= 11 is 1.87. The first-order valence-corrected chi connectivity index (χ1v) is 8.25. The molecule has 0 aromatic heterocycles. The Kier molecular flexibility index (Phi) is 5.22. The Morgan fingerprint density at radius 2 is 1.90 bits per heavy atom.